The smallest absolute Gasteiger partial charge is 0.272 e. The summed E-state index contributed by atoms with van der Waals surface area (Å²) in [7, 11) is 0. The van der Waals surface area contributed by atoms with Gasteiger partial charge in [0.2, 0.25) is 0 Å². The summed E-state index contributed by atoms with van der Waals surface area (Å²) in [6.07, 6.45) is 4.54. The van der Waals surface area contributed by atoms with Crippen molar-refractivity contribution in [1.82, 2.24) is 9.88 Å². The molecule has 0 spiro atoms. The van der Waals surface area contributed by atoms with Crippen molar-refractivity contribution in [3.8, 4) is 6.07 Å². The zero-order valence-electron chi connectivity index (χ0n) is 10.7. The molecule has 4 nitrogen and oxygen atoms in total. The molecule has 1 fully saturated rings. The van der Waals surface area contributed by atoms with Crippen LogP contribution in [-0.4, -0.2) is 34.8 Å². The molecule has 0 aromatic carbocycles. The van der Waals surface area contributed by atoms with Crippen molar-refractivity contribution in [2.75, 3.05) is 19.0 Å². The first-order valence-electron chi connectivity index (χ1n) is 6.46. The molecule has 5 heteroatoms. The number of halogens is 1. The average Bonchev–Trinajstić information content (AvgIpc) is 2.47. The summed E-state index contributed by atoms with van der Waals surface area (Å²) in [4.78, 5) is 18.2. The van der Waals surface area contributed by atoms with Crippen molar-refractivity contribution in [3.05, 3.63) is 29.6 Å². The molecule has 1 aliphatic rings. The summed E-state index contributed by atoms with van der Waals surface area (Å²) in [6, 6.07) is 5.24. The minimum absolute atomic E-state index is 0.0521. The van der Waals surface area contributed by atoms with E-state index in [-0.39, 0.29) is 5.91 Å². The fourth-order valence-corrected chi connectivity index (χ4v) is 2.70. The van der Waals surface area contributed by atoms with Crippen molar-refractivity contribution in [1.29, 1.82) is 5.26 Å². The van der Waals surface area contributed by atoms with Crippen LogP contribution in [0.25, 0.3) is 0 Å². The van der Waals surface area contributed by atoms with E-state index in [4.69, 9.17) is 16.9 Å². The van der Waals surface area contributed by atoms with Gasteiger partial charge in [0, 0.05) is 25.2 Å². The van der Waals surface area contributed by atoms with E-state index >= 15 is 0 Å². The summed E-state index contributed by atoms with van der Waals surface area (Å²) >= 11 is 5.77. The maximum absolute atomic E-state index is 12.3. The van der Waals surface area contributed by atoms with Gasteiger partial charge in [0.1, 0.15) is 11.8 Å². The number of nitrogens with zero attached hydrogens (tertiary/aromatic N) is 3. The number of pyridine rings is 1. The minimum atomic E-state index is -0.0521. The molecule has 0 radical (unpaired) electrons. The highest BCUT2D eigenvalue weighted by Crippen LogP contribution is 2.21. The quantitative estimate of drug-likeness (QED) is 0.798. The molecule has 1 aromatic heterocycles. The Labute approximate surface area is 118 Å². The third kappa shape index (κ3) is 3.45. The average molecular weight is 278 g/mol. The third-order valence-electron chi connectivity index (χ3n) is 3.44. The van der Waals surface area contributed by atoms with Crippen molar-refractivity contribution in [2.45, 2.75) is 19.3 Å². The van der Waals surface area contributed by atoms with E-state index in [1.54, 1.807) is 12.1 Å². The zero-order valence-corrected chi connectivity index (χ0v) is 11.4. The molecule has 1 amide bonds. The van der Waals surface area contributed by atoms with Gasteiger partial charge in [-0.15, -0.1) is 11.6 Å². The fourth-order valence-electron chi connectivity index (χ4n) is 2.39. The van der Waals surface area contributed by atoms with Crippen LogP contribution in [0.1, 0.15) is 35.3 Å². The lowest BCUT2D eigenvalue weighted by atomic mass is 9.95. The van der Waals surface area contributed by atoms with Gasteiger partial charge in [-0.2, -0.15) is 5.26 Å². The van der Waals surface area contributed by atoms with E-state index in [1.165, 1.54) is 6.20 Å². The van der Waals surface area contributed by atoms with E-state index in [2.05, 4.69) is 4.98 Å². The molecule has 2 heterocycles. The molecule has 0 aliphatic carbocycles. The Bertz CT molecular complexity index is 478. The lowest BCUT2D eigenvalue weighted by Crippen LogP contribution is -2.40. The third-order valence-corrected chi connectivity index (χ3v) is 3.65. The van der Waals surface area contributed by atoms with Crippen molar-refractivity contribution in [2.24, 2.45) is 5.92 Å². The second kappa shape index (κ2) is 6.53. The molecule has 1 unspecified atom stereocenters. The van der Waals surface area contributed by atoms with Crippen molar-refractivity contribution >= 4 is 17.5 Å². The number of hydrogen-bond acceptors (Lipinski definition) is 3. The summed E-state index contributed by atoms with van der Waals surface area (Å²) in [5.74, 6) is 1.08. The number of hydrogen-bond donors (Lipinski definition) is 0. The summed E-state index contributed by atoms with van der Waals surface area (Å²) in [6.45, 7) is 1.53. The van der Waals surface area contributed by atoms with Crippen LogP contribution in [0.15, 0.2) is 18.3 Å². The first-order chi connectivity index (χ1) is 9.24. The largest absolute Gasteiger partial charge is 0.337 e. The molecule has 2 rings (SSSR count). The van der Waals surface area contributed by atoms with E-state index in [9.17, 15) is 4.79 Å². The number of nitriles is 1. The highest BCUT2D eigenvalue weighted by Gasteiger charge is 2.24. The molecule has 1 aliphatic heterocycles. The molecule has 0 N–H and O–H groups in total. The monoisotopic (exact) mass is 277 g/mol. The number of amides is 1. The molecule has 0 saturated carbocycles. The highest BCUT2D eigenvalue weighted by molar-refractivity contribution is 6.17. The predicted octanol–water partition coefficient (Wildman–Crippen LogP) is 2.43. The van der Waals surface area contributed by atoms with Crippen LogP contribution in [0.4, 0.5) is 0 Å². The molecule has 0 bridgehead atoms. The topological polar surface area (TPSA) is 57.0 Å². The summed E-state index contributed by atoms with van der Waals surface area (Å²) < 4.78 is 0. The SMILES string of the molecule is N#Cc1ccc(C(=O)N2CCCC(CCCl)C2)nc1. The van der Waals surface area contributed by atoms with Gasteiger partial charge in [-0.1, -0.05) is 0 Å². The first-order valence-corrected chi connectivity index (χ1v) is 6.99. The standard InChI is InChI=1S/C14H16ClN3O/c15-6-5-11-2-1-7-18(10-11)14(19)13-4-3-12(8-16)9-17-13/h3-4,9,11H,1-2,5-7,10H2. The van der Waals surface area contributed by atoms with Gasteiger partial charge in [0.15, 0.2) is 0 Å². The Balaban J connectivity index is 2.04. The van der Waals surface area contributed by atoms with Crippen LogP contribution in [0.3, 0.4) is 0 Å². The number of carbonyl (C=O) groups is 1. The zero-order chi connectivity index (χ0) is 13.7. The van der Waals surface area contributed by atoms with E-state index in [1.807, 2.05) is 11.0 Å². The number of rotatable bonds is 3. The van der Waals surface area contributed by atoms with E-state index in [0.29, 0.717) is 23.1 Å². The highest BCUT2D eigenvalue weighted by atomic mass is 35.5. The molecule has 1 aromatic rings. The Hall–Kier alpha value is -1.60. The van der Waals surface area contributed by atoms with E-state index in [0.717, 1.165) is 32.4 Å². The summed E-state index contributed by atoms with van der Waals surface area (Å²) in [5.41, 5.74) is 0.876. The Morgan fingerprint density at radius 2 is 2.42 bits per heavy atom. The Morgan fingerprint density at radius 3 is 3.05 bits per heavy atom. The summed E-state index contributed by atoms with van der Waals surface area (Å²) in [5, 5.41) is 8.71. The van der Waals surface area contributed by atoms with Crippen LogP contribution in [0, 0.1) is 17.2 Å². The van der Waals surface area contributed by atoms with Crippen LogP contribution < -0.4 is 0 Å². The lowest BCUT2D eigenvalue weighted by molar-refractivity contribution is 0.0665. The molecule has 1 atom stereocenters. The Kier molecular flexibility index (Phi) is 4.75. The first kappa shape index (κ1) is 13.8. The van der Waals surface area contributed by atoms with Crippen molar-refractivity contribution in [3.63, 3.8) is 0 Å². The lowest BCUT2D eigenvalue weighted by Gasteiger charge is -2.32. The Morgan fingerprint density at radius 1 is 1.58 bits per heavy atom. The van der Waals surface area contributed by atoms with Gasteiger partial charge in [-0.25, -0.2) is 4.98 Å². The molecule has 1 saturated heterocycles. The van der Waals surface area contributed by atoms with Gasteiger partial charge in [-0.05, 0) is 37.3 Å². The van der Waals surface area contributed by atoms with E-state index < -0.39 is 0 Å². The second-order valence-electron chi connectivity index (χ2n) is 4.78. The predicted molar refractivity (Wildman–Crippen MR) is 72.9 cm³/mol. The van der Waals surface area contributed by atoms with Crippen molar-refractivity contribution < 1.29 is 4.79 Å². The van der Waals surface area contributed by atoms with Crippen LogP contribution >= 0.6 is 11.6 Å². The van der Waals surface area contributed by atoms with Gasteiger partial charge >= 0.3 is 0 Å². The van der Waals surface area contributed by atoms with Gasteiger partial charge in [0.25, 0.3) is 5.91 Å². The number of alkyl halides is 1. The number of aromatic nitrogens is 1. The fraction of sp³-hybridized carbons (Fsp3) is 0.500. The van der Waals surface area contributed by atoms with Gasteiger partial charge < -0.3 is 4.90 Å². The van der Waals surface area contributed by atoms with Gasteiger partial charge in [0.05, 0.1) is 5.56 Å². The number of piperidine rings is 1. The molecule has 19 heavy (non-hydrogen) atoms. The molecule has 100 valence electrons. The van der Waals surface area contributed by atoms with Crippen LogP contribution in [0.2, 0.25) is 0 Å². The van der Waals surface area contributed by atoms with Crippen LogP contribution in [0.5, 0.6) is 0 Å². The van der Waals surface area contributed by atoms with Crippen LogP contribution in [-0.2, 0) is 0 Å². The number of likely N-dealkylation sites (tertiary alicyclic amines) is 1. The van der Waals surface area contributed by atoms with Gasteiger partial charge in [-0.3, -0.25) is 4.79 Å². The normalized spacial score (nSPS) is 18.9. The molecular formula is C14H16ClN3O. The minimum Gasteiger partial charge on any atom is -0.337 e. The second-order valence-corrected chi connectivity index (χ2v) is 5.16. The number of carbonyl (C=O) groups excluding carboxylic acids is 1. The maximum atomic E-state index is 12.3. The molecular weight excluding hydrogens is 262 g/mol. The maximum Gasteiger partial charge on any atom is 0.272 e.